The van der Waals surface area contributed by atoms with Crippen LogP contribution in [-0.4, -0.2) is 19.1 Å². The first-order valence-electron chi connectivity index (χ1n) is 6.37. The summed E-state index contributed by atoms with van der Waals surface area (Å²) < 4.78 is 4.77. The van der Waals surface area contributed by atoms with Crippen molar-refractivity contribution in [2.24, 2.45) is 0 Å². The average molecular weight is 250 g/mol. The van der Waals surface area contributed by atoms with Gasteiger partial charge in [-0.15, -0.1) is 0 Å². The molecule has 1 unspecified atom stereocenters. The van der Waals surface area contributed by atoms with E-state index in [0.29, 0.717) is 23.0 Å². The largest absolute Gasteiger partial charge is 0.465 e. The number of benzene rings is 1. The van der Waals surface area contributed by atoms with Gasteiger partial charge in [-0.3, -0.25) is 0 Å². The molecule has 100 valence electrons. The lowest BCUT2D eigenvalue weighted by molar-refractivity contribution is 0.0602. The van der Waals surface area contributed by atoms with Crippen LogP contribution in [0.2, 0.25) is 0 Å². The predicted octanol–water partition coefficient (Wildman–Crippen LogP) is 3.05. The van der Waals surface area contributed by atoms with Gasteiger partial charge in [0, 0.05) is 6.04 Å². The molecule has 0 fully saturated rings. The van der Waals surface area contributed by atoms with Crippen LogP contribution in [0.4, 0.5) is 11.4 Å². The fourth-order valence-electron chi connectivity index (χ4n) is 1.94. The number of rotatable bonds is 6. The Hall–Kier alpha value is -1.71. The van der Waals surface area contributed by atoms with E-state index in [1.54, 1.807) is 18.2 Å². The van der Waals surface area contributed by atoms with Crippen molar-refractivity contribution in [3.05, 3.63) is 23.8 Å². The van der Waals surface area contributed by atoms with Crippen LogP contribution in [0.1, 0.15) is 43.5 Å². The number of nitrogens with two attached hydrogens (primary N) is 1. The Morgan fingerprint density at radius 3 is 2.72 bits per heavy atom. The highest BCUT2D eigenvalue weighted by molar-refractivity contribution is 5.98. The lowest BCUT2D eigenvalue weighted by Crippen LogP contribution is -2.21. The molecule has 0 bridgehead atoms. The SMILES string of the molecule is CCCC(CC)Nc1c(N)cccc1C(=O)OC. The molecule has 0 saturated heterocycles. The molecular weight excluding hydrogens is 228 g/mol. The number of hydrogen-bond donors (Lipinski definition) is 2. The molecule has 4 heteroatoms. The summed E-state index contributed by atoms with van der Waals surface area (Å²) in [6.45, 7) is 4.25. The minimum atomic E-state index is -0.365. The zero-order valence-electron chi connectivity index (χ0n) is 11.3. The summed E-state index contributed by atoms with van der Waals surface area (Å²) in [7, 11) is 1.37. The van der Waals surface area contributed by atoms with Gasteiger partial charge in [-0.05, 0) is 25.0 Å². The molecule has 4 nitrogen and oxygen atoms in total. The molecule has 1 aromatic carbocycles. The molecule has 0 amide bonds. The predicted molar refractivity (Wildman–Crippen MR) is 74.8 cm³/mol. The molecule has 1 rings (SSSR count). The van der Waals surface area contributed by atoms with Gasteiger partial charge in [0.05, 0.1) is 24.0 Å². The standard InChI is InChI=1S/C14H22N2O2/c1-4-7-10(5-2)16-13-11(14(17)18-3)8-6-9-12(13)15/h6,8-10,16H,4-5,7,15H2,1-3H3. The van der Waals surface area contributed by atoms with Crippen molar-refractivity contribution in [3.8, 4) is 0 Å². The summed E-state index contributed by atoms with van der Waals surface area (Å²) >= 11 is 0. The first-order chi connectivity index (χ1) is 8.63. The van der Waals surface area contributed by atoms with E-state index in [-0.39, 0.29) is 5.97 Å². The summed E-state index contributed by atoms with van der Waals surface area (Å²) in [5, 5.41) is 3.36. The van der Waals surface area contributed by atoms with E-state index in [0.717, 1.165) is 19.3 Å². The number of hydrogen-bond acceptors (Lipinski definition) is 4. The highest BCUT2D eigenvalue weighted by Crippen LogP contribution is 2.26. The highest BCUT2D eigenvalue weighted by atomic mass is 16.5. The van der Waals surface area contributed by atoms with Crippen molar-refractivity contribution in [1.82, 2.24) is 0 Å². The minimum absolute atomic E-state index is 0.322. The Bertz CT molecular complexity index is 405. The third-order valence-electron chi connectivity index (χ3n) is 2.98. The Labute approximate surface area is 109 Å². The summed E-state index contributed by atoms with van der Waals surface area (Å²) in [5.74, 6) is -0.365. The van der Waals surface area contributed by atoms with Crippen molar-refractivity contribution in [1.29, 1.82) is 0 Å². The number of nitrogen functional groups attached to an aromatic ring is 1. The first-order valence-corrected chi connectivity index (χ1v) is 6.37. The van der Waals surface area contributed by atoms with Gasteiger partial charge >= 0.3 is 5.97 Å². The monoisotopic (exact) mass is 250 g/mol. The number of carbonyl (C=O) groups is 1. The number of methoxy groups -OCH3 is 1. The van der Waals surface area contributed by atoms with Gasteiger partial charge < -0.3 is 15.8 Å². The highest BCUT2D eigenvalue weighted by Gasteiger charge is 2.16. The molecule has 0 aromatic heterocycles. The maximum absolute atomic E-state index is 11.7. The Balaban J connectivity index is 3.02. The molecule has 1 atom stereocenters. The normalized spacial score (nSPS) is 11.9. The maximum Gasteiger partial charge on any atom is 0.340 e. The van der Waals surface area contributed by atoms with Crippen LogP contribution in [0, 0.1) is 0 Å². The third-order valence-corrected chi connectivity index (χ3v) is 2.98. The molecule has 18 heavy (non-hydrogen) atoms. The van der Waals surface area contributed by atoms with Gasteiger partial charge in [-0.25, -0.2) is 4.79 Å². The number of nitrogens with one attached hydrogen (secondary N) is 1. The van der Waals surface area contributed by atoms with Gasteiger partial charge in [0.15, 0.2) is 0 Å². The van der Waals surface area contributed by atoms with E-state index in [2.05, 4.69) is 19.2 Å². The smallest absolute Gasteiger partial charge is 0.340 e. The van der Waals surface area contributed by atoms with Crippen LogP contribution in [0.25, 0.3) is 0 Å². The Morgan fingerprint density at radius 2 is 2.17 bits per heavy atom. The number of para-hydroxylation sites is 1. The summed E-state index contributed by atoms with van der Waals surface area (Å²) in [6.07, 6.45) is 3.13. The van der Waals surface area contributed by atoms with Crippen molar-refractivity contribution < 1.29 is 9.53 Å². The van der Waals surface area contributed by atoms with Crippen molar-refractivity contribution in [2.45, 2.75) is 39.2 Å². The van der Waals surface area contributed by atoms with E-state index in [1.165, 1.54) is 7.11 Å². The zero-order chi connectivity index (χ0) is 13.5. The van der Waals surface area contributed by atoms with Crippen molar-refractivity contribution in [2.75, 3.05) is 18.2 Å². The zero-order valence-corrected chi connectivity index (χ0v) is 11.3. The average Bonchev–Trinajstić information content (AvgIpc) is 2.39. The second-order valence-electron chi connectivity index (χ2n) is 4.30. The van der Waals surface area contributed by atoms with E-state index in [1.807, 2.05) is 0 Å². The summed E-state index contributed by atoms with van der Waals surface area (Å²) in [5.41, 5.74) is 7.70. The molecule has 0 aliphatic heterocycles. The summed E-state index contributed by atoms with van der Waals surface area (Å²) in [6, 6.07) is 5.59. The Kier molecular flexibility index (Phi) is 5.49. The molecule has 0 aliphatic carbocycles. The van der Waals surface area contributed by atoms with Gasteiger partial charge in [-0.1, -0.05) is 26.3 Å². The van der Waals surface area contributed by atoms with Crippen LogP contribution < -0.4 is 11.1 Å². The molecule has 3 N–H and O–H groups in total. The van der Waals surface area contributed by atoms with E-state index >= 15 is 0 Å². The summed E-state index contributed by atoms with van der Waals surface area (Å²) in [4.78, 5) is 11.7. The molecule has 0 aliphatic rings. The molecule has 0 saturated carbocycles. The topological polar surface area (TPSA) is 64.3 Å². The minimum Gasteiger partial charge on any atom is -0.465 e. The fraction of sp³-hybridized carbons (Fsp3) is 0.500. The lowest BCUT2D eigenvalue weighted by atomic mass is 10.1. The van der Waals surface area contributed by atoms with Crippen LogP contribution in [-0.2, 0) is 4.74 Å². The van der Waals surface area contributed by atoms with Gasteiger partial charge in [0.1, 0.15) is 0 Å². The maximum atomic E-state index is 11.7. The number of ether oxygens (including phenoxy) is 1. The van der Waals surface area contributed by atoms with Crippen LogP contribution in [0.3, 0.4) is 0 Å². The Morgan fingerprint density at radius 1 is 1.44 bits per heavy atom. The molecule has 0 heterocycles. The third kappa shape index (κ3) is 3.39. The van der Waals surface area contributed by atoms with Crippen molar-refractivity contribution >= 4 is 17.3 Å². The first kappa shape index (κ1) is 14.4. The molecule has 0 spiro atoms. The quantitative estimate of drug-likeness (QED) is 0.601. The molecule has 0 radical (unpaired) electrons. The van der Waals surface area contributed by atoms with Gasteiger partial charge in [0.2, 0.25) is 0 Å². The lowest BCUT2D eigenvalue weighted by Gasteiger charge is -2.20. The van der Waals surface area contributed by atoms with Gasteiger partial charge in [-0.2, -0.15) is 0 Å². The fourth-order valence-corrected chi connectivity index (χ4v) is 1.94. The van der Waals surface area contributed by atoms with Crippen LogP contribution in [0.15, 0.2) is 18.2 Å². The van der Waals surface area contributed by atoms with Crippen molar-refractivity contribution in [3.63, 3.8) is 0 Å². The number of carbonyl (C=O) groups excluding carboxylic acids is 1. The van der Waals surface area contributed by atoms with E-state index < -0.39 is 0 Å². The van der Waals surface area contributed by atoms with E-state index in [4.69, 9.17) is 10.5 Å². The molecular formula is C14H22N2O2. The second-order valence-corrected chi connectivity index (χ2v) is 4.30. The molecule has 1 aromatic rings. The van der Waals surface area contributed by atoms with Gasteiger partial charge in [0.25, 0.3) is 0 Å². The second kappa shape index (κ2) is 6.89. The number of anilines is 2. The number of esters is 1. The van der Waals surface area contributed by atoms with Crippen LogP contribution >= 0.6 is 0 Å². The van der Waals surface area contributed by atoms with E-state index in [9.17, 15) is 4.79 Å². The van der Waals surface area contributed by atoms with Crippen LogP contribution in [0.5, 0.6) is 0 Å².